The topological polar surface area (TPSA) is 33.1 Å². The number of nitrogens with zero attached hydrogens (tertiary/aromatic N) is 3. The lowest BCUT2D eigenvalue weighted by atomic mass is 9.80. The summed E-state index contributed by atoms with van der Waals surface area (Å²) < 4.78 is 2.39. The molecule has 0 spiro atoms. The number of fused-ring (bicyclic) bond motifs is 5. The van der Waals surface area contributed by atoms with Crippen molar-refractivity contribution in [2.45, 2.75) is 31.8 Å². The van der Waals surface area contributed by atoms with Gasteiger partial charge < -0.3 is 10.2 Å². The van der Waals surface area contributed by atoms with E-state index < -0.39 is 0 Å². The Morgan fingerprint density at radius 2 is 1.15 bits per heavy atom. The maximum atomic E-state index is 5.34. The van der Waals surface area contributed by atoms with E-state index in [0.717, 1.165) is 41.0 Å². The fraction of sp³-hybridized carbons (Fsp3) is 0.0984. The fourth-order valence-electron chi connectivity index (χ4n) is 11.2. The standard InChI is InChI=1S/C61H46N4/c1-39-35-36-52-56(37-39)65(61(63-52)42-23-9-4-10-24-42)54-34-18-30-48-50(54)38-49-47(29-17-33-53(49)64-55-32-16-15-31-51(55)62-60(64)41-21-7-3-8-22-41)59(48)58-45-27-13-11-25-43(45)57(40-19-5-2-6-20-40)44-26-12-14-28-46(44)58/h2-19,21-36,38-40,61,63H,20,37H2,1H3. The summed E-state index contributed by atoms with van der Waals surface area (Å²) in [4.78, 5) is 7.95. The molecule has 3 atom stereocenters. The number of hydrogen-bond acceptors (Lipinski definition) is 3. The van der Waals surface area contributed by atoms with Crippen LogP contribution in [0.4, 0.5) is 5.69 Å². The number of allylic oxidation sites excluding steroid dienone is 7. The molecule has 0 amide bonds. The summed E-state index contributed by atoms with van der Waals surface area (Å²) in [5.41, 5.74) is 13.1. The van der Waals surface area contributed by atoms with Crippen LogP contribution in [0.2, 0.25) is 0 Å². The van der Waals surface area contributed by atoms with Crippen LogP contribution in [-0.4, -0.2) is 9.55 Å². The van der Waals surface area contributed by atoms with Gasteiger partial charge in [0.2, 0.25) is 0 Å². The van der Waals surface area contributed by atoms with Gasteiger partial charge in [-0.15, -0.1) is 0 Å². The lowest BCUT2D eigenvalue weighted by Gasteiger charge is -2.32. The highest BCUT2D eigenvalue weighted by atomic mass is 15.3. The average molecular weight is 835 g/mol. The quantitative estimate of drug-likeness (QED) is 0.169. The maximum absolute atomic E-state index is 5.34. The summed E-state index contributed by atoms with van der Waals surface area (Å²) in [5.74, 6) is 1.63. The van der Waals surface area contributed by atoms with Crippen LogP contribution in [-0.2, 0) is 0 Å². The van der Waals surface area contributed by atoms with Gasteiger partial charge in [-0.05, 0) is 110 Å². The van der Waals surface area contributed by atoms with E-state index in [1.54, 1.807) is 0 Å². The second-order valence-corrected chi connectivity index (χ2v) is 17.9. The number of benzene rings is 9. The van der Waals surface area contributed by atoms with E-state index in [1.807, 2.05) is 0 Å². The molecule has 1 aliphatic heterocycles. The highest BCUT2D eigenvalue weighted by Gasteiger charge is 2.36. The third kappa shape index (κ3) is 5.94. The first kappa shape index (κ1) is 37.6. The molecule has 1 N–H and O–H groups in total. The van der Waals surface area contributed by atoms with Crippen LogP contribution >= 0.6 is 0 Å². The van der Waals surface area contributed by atoms with E-state index in [9.17, 15) is 0 Å². The van der Waals surface area contributed by atoms with Gasteiger partial charge in [-0.25, -0.2) is 4.98 Å². The largest absolute Gasteiger partial charge is 0.360 e. The molecule has 0 fully saturated rings. The molecule has 1 aromatic heterocycles. The summed E-state index contributed by atoms with van der Waals surface area (Å²) in [6.07, 6.45) is 15.6. The van der Waals surface area contributed by atoms with Crippen LogP contribution in [0.25, 0.3) is 82.3 Å². The Bertz CT molecular complexity index is 3610. The molecule has 3 unspecified atom stereocenters. The van der Waals surface area contributed by atoms with Gasteiger partial charge in [0.15, 0.2) is 0 Å². The van der Waals surface area contributed by atoms with Crippen LogP contribution in [0.15, 0.2) is 224 Å². The monoisotopic (exact) mass is 834 g/mol. The summed E-state index contributed by atoms with van der Waals surface area (Å²) in [6, 6.07) is 64.8. The van der Waals surface area contributed by atoms with Crippen LogP contribution in [0.3, 0.4) is 0 Å². The number of anilines is 1. The number of imidazole rings is 1. The highest BCUT2D eigenvalue weighted by molar-refractivity contribution is 6.26. The van der Waals surface area contributed by atoms with Gasteiger partial charge in [-0.1, -0.05) is 183 Å². The van der Waals surface area contributed by atoms with Crippen molar-refractivity contribution >= 4 is 59.8 Å². The molecule has 0 saturated carbocycles. The van der Waals surface area contributed by atoms with Crippen molar-refractivity contribution in [2.75, 3.05) is 4.90 Å². The fourth-order valence-corrected chi connectivity index (χ4v) is 11.2. The molecule has 2 aliphatic carbocycles. The van der Waals surface area contributed by atoms with E-state index >= 15 is 0 Å². The van der Waals surface area contributed by atoms with E-state index in [0.29, 0.717) is 5.92 Å². The summed E-state index contributed by atoms with van der Waals surface area (Å²) in [7, 11) is 0. The van der Waals surface area contributed by atoms with Crippen LogP contribution < -0.4 is 10.2 Å². The average Bonchev–Trinajstić information content (AvgIpc) is 3.94. The summed E-state index contributed by atoms with van der Waals surface area (Å²) in [5, 5.41) is 14.0. The Hall–Kier alpha value is -7.95. The first-order chi connectivity index (χ1) is 32.2. The Balaban J connectivity index is 1.19. The molecule has 9 aromatic carbocycles. The normalized spacial score (nSPS) is 18.1. The van der Waals surface area contributed by atoms with Crippen molar-refractivity contribution < 1.29 is 0 Å². The second-order valence-electron chi connectivity index (χ2n) is 17.9. The lowest BCUT2D eigenvalue weighted by molar-refractivity contribution is 0.635. The summed E-state index contributed by atoms with van der Waals surface area (Å²) >= 11 is 0. The number of hydrogen-bond donors (Lipinski definition) is 1. The predicted molar refractivity (Wildman–Crippen MR) is 272 cm³/mol. The molecule has 3 aliphatic rings. The zero-order chi connectivity index (χ0) is 43.0. The van der Waals surface area contributed by atoms with Crippen molar-refractivity contribution in [2.24, 2.45) is 5.92 Å². The molecule has 0 radical (unpaired) electrons. The minimum absolute atomic E-state index is 0.0723. The molecule has 4 heteroatoms. The molecule has 10 aromatic rings. The SMILES string of the molecule is CC1C=CC2=C(C1)N(c1cccc3c(-c4c5ccccc5c(C5C=CC=CC5)c5ccccc45)c4cccc(-n5c(-c6ccccc6)nc6ccccc65)c4cc13)C(c1ccccc1)N2. The Kier molecular flexibility index (Phi) is 8.73. The molecule has 65 heavy (non-hydrogen) atoms. The van der Waals surface area contributed by atoms with Crippen LogP contribution in [0.5, 0.6) is 0 Å². The van der Waals surface area contributed by atoms with Crippen LogP contribution in [0, 0.1) is 5.92 Å². The number of aromatic nitrogens is 2. The smallest absolute Gasteiger partial charge is 0.145 e. The third-order valence-corrected chi connectivity index (χ3v) is 14.0. The van der Waals surface area contributed by atoms with Crippen molar-refractivity contribution in [3.8, 4) is 28.2 Å². The number of para-hydroxylation sites is 2. The molecule has 0 bridgehead atoms. The van der Waals surface area contributed by atoms with Crippen molar-refractivity contribution in [1.29, 1.82) is 0 Å². The van der Waals surface area contributed by atoms with E-state index in [4.69, 9.17) is 4.98 Å². The van der Waals surface area contributed by atoms with Gasteiger partial charge in [0, 0.05) is 28.0 Å². The molecule has 13 rings (SSSR count). The van der Waals surface area contributed by atoms with Crippen LogP contribution in [0.1, 0.15) is 43.0 Å². The van der Waals surface area contributed by atoms with E-state index in [1.165, 1.54) is 82.4 Å². The maximum Gasteiger partial charge on any atom is 0.145 e. The Morgan fingerprint density at radius 3 is 1.86 bits per heavy atom. The highest BCUT2D eigenvalue weighted by Crippen LogP contribution is 2.51. The van der Waals surface area contributed by atoms with E-state index in [2.05, 4.69) is 234 Å². The van der Waals surface area contributed by atoms with Gasteiger partial charge in [0.25, 0.3) is 0 Å². The zero-order valence-corrected chi connectivity index (χ0v) is 36.2. The third-order valence-electron chi connectivity index (χ3n) is 14.0. The number of rotatable bonds is 6. The summed E-state index contributed by atoms with van der Waals surface area (Å²) in [6.45, 7) is 2.33. The van der Waals surface area contributed by atoms with E-state index in [-0.39, 0.29) is 12.1 Å². The van der Waals surface area contributed by atoms with Gasteiger partial charge in [0.05, 0.1) is 28.1 Å². The van der Waals surface area contributed by atoms with Gasteiger partial charge in [-0.2, -0.15) is 0 Å². The molecular formula is C61H46N4. The lowest BCUT2D eigenvalue weighted by Crippen LogP contribution is -2.29. The number of nitrogens with one attached hydrogen (secondary N) is 1. The first-order valence-electron chi connectivity index (χ1n) is 23.0. The minimum atomic E-state index is -0.0723. The van der Waals surface area contributed by atoms with Gasteiger partial charge in [0.1, 0.15) is 12.0 Å². The molecule has 310 valence electrons. The predicted octanol–water partition coefficient (Wildman–Crippen LogP) is 15.5. The Morgan fingerprint density at radius 1 is 0.554 bits per heavy atom. The second kappa shape index (κ2) is 15.1. The first-order valence-corrected chi connectivity index (χ1v) is 23.0. The van der Waals surface area contributed by atoms with Crippen molar-refractivity contribution in [1.82, 2.24) is 14.9 Å². The molecular weight excluding hydrogens is 789 g/mol. The Labute approximate surface area is 378 Å². The zero-order valence-electron chi connectivity index (χ0n) is 36.2. The molecule has 2 heterocycles. The van der Waals surface area contributed by atoms with Crippen molar-refractivity contribution in [3.63, 3.8) is 0 Å². The molecule has 0 saturated heterocycles. The van der Waals surface area contributed by atoms with Crippen molar-refractivity contribution in [3.05, 3.63) is 235 Å². The minimum Gasteiger partial charge on any atom is -0.360 e. The van der Waals surface area contributed by atoms with Gasteiger partial charge >= 0.3 is 0 Å². The van der Waals surface area contributed by atoms with Gasteiger partial charge in [-0.3, -0.25) is 4.57 Å². The molecule has 4 nitrogen and oxygen atoms in total.